The number of hydrogen-bond donors (Lipinski definition) is 3. The second-order valence-corrected chi connectivity index (χ2v) is 3.87. The number of carbonyl (C=O) groups excluding carboxylic acids is 1. The third-order valence-corrected chi connectivity index (χ3v) is 2.68. The normalized spacial score (nSPS) is 9.79. The Morgan fingerprint density at radius 1 is 1.11 bits per heavy atom. The zero-order chi connectivity index (χ0) is 13.7. The highest BCUT2D eigenvalue weighted by Gasteiger charge is 2.10. The molecule has 98 valence electrons. The SMILES string of the molecule is COc1ccc(NC(=O)c2ccccc2NN)cc1. The highest BCUT2D eigenvalue weighted by molar-refractivity contribution is 6.07. The molecule has 0 aliphatic rings. The molecule has 2 aromatic carbocycles. The summed E-state index contributed by atoms with van der Waals surface area (Å²) >= 11 is 0. The van der Waals surface area contributed by atoms with Gasteiger partial charge in [0.1, 0.15) is 5.75 Å². The molecular weight excluding hydrogens is 242 g/mol. The number of para-hydroxylation sites is 1. The number of nitrogens with one attached hydrogen (secondary N) is 2. The molecule has 0 saturated carbocycles. The smallest absolute Gasteiger partial charge is 0.257 e. The molecule has 0 aliphatic carbocycles. The molecule has 5 nitrogen and oxygen atoms in total. The predicted molar refractivity (Wildman–Crippen MR) is 75.2 cm³/mol. The van der Waals surface area contributed by atoms with Crippen molar-refractivity contribution in [2.24, 2.45) is 5.84 Å². The van der Waals surface area contributed by atoms with Crippen molar-refractivity contribution in [3.05, 3.63) is 54.1 Å². The van der Waals surface area contributed by atoms with E-state index in [1.807, 2.05) is 0 Å². The Balaban J connectivity index is 2.16. The summed E-state index contributed by atoms with van der Waals surface area (Å²) < 4.78 is 5.06. The van der Waals surface area contributed by atoms with E-state index in [0.717, 1.165) is 5.75 Å². The number of methoxy groups -OCH3 is 1. The standard InChI is InChI=1S/C14H15N3O2/c1-19-11-8-6-10(7-9-11)16-14(18)12-4-2-3-5-13(12)17-15/h2-9,17H,15H2,1H3,(H,16,18). The van der Waals surface area contributed by atoms with Crippen LogP contribution in [0.15, 0.2) is 48.5 Å². The average molecular weight is 257 g/mol. The van der Waals surface area contributed by atoms with E-state index in [0.29, 0.717) is 16.9 Å². The van der Waals surface area contributed by atoms with Crippen molar-refractivity contribution in [1.29, 1.82) is 0 Å². The van der Waals surface area contributed by atoms with Crippen molar-refractivity contribution in [1.82, 2.24) is 0 Å². The molecule has 4 N–H and O–H groups in total. The Hall–Kier alpha value is -2.53. The number of hydrazine groups is 1. The first kappa shape index (κ1) is 12.9. The van der Waals surface area contributed by atoms with E-state index >= 15 is 0 Å². The van der Waals surface area contributed by atoms with E-state index in [-0.39, 0.29) is 5.91 Å². The van der Waals surface area contributed by atoms with Crippen LogP contribution in [-0.2, 0) is 0 Å². The molecule has 0 atom stereocenters. The molecule has 0 unspecified atom stereocenters. The molecule has 0 fully saturated rings. The minimum atomic E-state index is -0.223. The molecule has 0 aliphatic heterocycles. The number of ether oxygens (including phenoxy) is 1. The van der Waals surface area contributed by atoms with Crippen LogP contribution in [0.2, 0.25) is 0 Å². The van der Waals surface area contributed by atoms with Gasteiger partial charge in [-0.3, -0.25) is 10.6 Å². The first-order valence-electron chi connectivity index (χ1n) is 5.75. The van der Waals surface area contributed by atoms with Crippen molar-refractivity contribution < 1.29 is 9.53 Å². The molecule has 2 aromatic rings. The lowest BCUT2D eigenvalue weighted by Gasteiger charge is -2.09. The molecule has 2 rings (SSSR count). The molecule has 0 radical (unpaired) electrons. The van der Waals surface area contributed by atoms with Gasteiger partial charge >= 0.3 is 0 Å². The summed E-state index contributed by atoms with van der Waals surface area (Å²) in [5, 5.41) is 2.79. The Labute approximate surface area is 111 Å². The van der Waals surface area contributed by atoms with Crippen LogP contribution in [0.5, 0.6) is 5.75 Å². The molecule has 0 saturated heterocycles. The number of anilines is 2. The summed E-state index contributed by atoms with van der Waals surface area (Å²) in [4.78, 5) is 12.1. The van der Waals surface area contributed by atoms with Gasteiger partial charge in [-0.2, -0.15) is 0 Å². The number of carbonyl (C=O) groups is 1. The van der Waals surface area contributed by atoms with Gasteiger partial charge in [0.05, 0.1) is 18.4 Å². The van der Waals surface area contributed by atoms with E-state index in [2.05, 4.69) is 10.7 Å². The van der Waals surface area contributed by atoms with Gasteiger partial charge in [0.25, 0.3) is 5.91 Å². The van der Waals surface area contributed by atoms with Crippen LogP contribution in [0.25, 0.3) is 0 Å². The van der Waals surface area contributed by atoms with Crippen molar-refractivity contribution in [2.45, 2.75) is 0 Å². The Morgan fingerprint density at radius 2 is 1.79 bits per heavy atom. The van der Waals surface area contributed by atoms with Gasteiger partial charge in [-0.25, -0.2) is 0 Å². The summed E-state index contributed by atoms with van der Waals surface area (Å²) in [5.41, 5.74) is 4.26. The van der Waals surface area contributed by atoms with Crippen LogP contribution < -0.4 is 21.3 Å². The molecular formula is C14H15N3O2. The van der Waals surface area contributed by atoms with Crippen LogP contribution in [0.1, 0.15) is 10.4 Å². The van der Waals surface area contributed by atoms with Gasteiger partial charge in [-0.15, -0.1) is 0 Å². The van der Waals surface area contributed by atoms with Crippen LogP contribution in [0.3, 0.4) is 0 Å². The fourth-order valence-corrected chi connectivity index (χ4v) is 1.68. The minimum Gasteiger partial charge on any atom is -0.497 e. The third kappa shape index (κ3) is 3.02. The van der Waals surface area contributed by atoms with Crippen molar-refractivity contribution in [3.8, 4) is 5.75 Å². The first-order valence-corrected chi connectivity index (χ1v) is 5.75. The number of rotatable bonds is 4. The largest absolute Gasteiger partial charge is 0.497 e. The monoisotopic (exact) mass is 257 g/mol. The lowest BCUT2D eigenvalue weighted by molar-refractivity contribution is 0.102. The number of hydrogen-bond acceptors (Lipinski definition) is 4. The summed E-state index contributed by atoms with van der Waals surface area (Å²) in [7, 11) is 1.59. The van der Waals surface area contributed by atoms with Gasteiger partial charge in [-0.05, 0) is 36.4 Å². The lowest BCUT2D eigenvalue weighted by atomic mass is 10.1. The number of amides is 1. The van der Waals surface area contributed by atoms with Crippen LogP contribution in [0, 0.1) is 0 Å². The van der Waals surface area contributed by atoms with E-state index in [4.69, 9.17) is 10.6 Å². The zero-order valence-electron chi connectivity index (χ0n) is 10.5. The molecule has 5 heteroatoms. The fraction of sp³-hybridized carbons (Fsp3) is 0.0714. The number of nitrogen functional groups attached to an aromatic ring is 1. The molecule has 1 amide bonds. The van der Waals surface area contributed by atoms with Gasteiger partial charge in [0.15, 0.2) is 0 Å². The second kappa shape index (κ2) is 5.88. The zero-order valence-corrected chi connectivity index (χ0v) is 10.5. The van der Waals surface area contributed by atoms with E-state index in [1.54, 1.807) is 55.6 Å². The highest BCUT2D eigenvalue weighted by atomic mass is 16.5. The minimum absolute atomic E-state index is 0.223. The quantitative estimate of drug-likeness (QED) is 0.580. The fourth-order valence-electron chi connectivity index (χ4n) is 1.68. The predicted octanol–water partition coefficient (Wildman–Crippen LogP) is 2.23. The van der Waals surface area contributed by atoms with Gasteiger partial charge in [-0.1, -0.05) is 12.1 Å². The summed E-state index contributed by atoms with van der Waals surface area (Å²) in [6, 6.07) is 14.1. The maximum Gasteiger partial charge on any atom is 0.257 e. The maximum atomic E-state index is 12.1. The second-order valence-electron chi connectivity index (χ2n) is 3.87. The number of benzene rings is 2. The summed E-state index contributed by atoms with van der Waals surface area (Å²) in [5.74, 6) is 5.89. The van der Waals surface area contributed by atoms with E-state index < -0.39 is 0 Å². The summed E-state index contributed by atoms with van der Waals surface area (Å²) in [6.45, 7) is 0. The average Bonchev–Trinajstić information content (AvgIpc) is 2.48. The van der Waals surface area contributed by atoms with Gasteiger partial charge in [0.2, 0.25) is 0 Å². The van der Waals surface area contributed by atoms with Gasteiger partial charge in [0, 0.05) is 5.69 Å². The van der Waals surface area contributed by atoms with E-state index in [1.165, 1.54) is 0 Å². The van der Waals surface area contributed by atoms with Crippen LogP contribution >= 0.6 is 0 Å². The highest BCUT2D eigenvalue weighted by Crippen LogP contribution is 2.18. The molecule has 19 heavy (non-hydrogen) atoms. The van der Waals surface area contributed by atoms with Crippen molar-refractivity contribution >= 4 is 17.3 Å². The first-order chi connectivity index (χ1) is 9.24. The van der Waals surface area contributed by atoms with Gasteiger partial charge < -0.3 is 15.5 Å². The summed E-state index contributed by atoms with van der Waals surface area (Å²) in [6.07, 6.45) is 0. The Kier molecular flexibility index (Phi) is 4.00. The number of nitrogens with two attached hydrogens (primary N) is 1. The third-order valence-electron chi connectivity index (χ3n) is 2.68. The Bertz CT molecular complexity index is 567. The lowest BCUT2D eigenvalue weighted by Crippen LogP contribution is -2.17. The molecule has 0 aromatic heterocycles. The molecule has 0 bridgehead atoms. The van der Waals surface area contributed by atoms with Crippen molar-refractivity contribution in [2.75, 3.05) is 17.9 Å². The molecule has 0 heterocycles. The maximum absolute atomic E-state index is 12.1. The topological polar surface area (TPSA) is 76.4 Å². The van der Waals surface area contributed by atoms with E-state index in [9.17, 15) is 4.79 Å². The van der Waals surface area contributed by atoms with Crippen molar-refractivity contribution in [3.63, 3.8) is 0 Å². The van der Waals surface area contributed by atoms with Crippen LogP contribution in [-0.4, -0.2) is 13.0 Å². The van der Waals surface area contributed by atoms with Crippen LogP contribution in [0.4, 0.5) is 11.4 Å². The molecule has 0 spiro atoms. The Morgan fingerprint density at radius 3 is 2.42 bits per heavy atom.